The predicted octanol–water partition coefficient (Wildman–Crippen LogP) is 2.13. The Kier molecular flexibility index (Phi) is 4.21. The molecule has 1 aliphatic heterocycles. The summed E-state index contributed by atoms with van der Waals surface area (Å²) in [6, 6.07) is 5.89. The molecule has 1 aromatic rings. The van der Waals surface area contributed by atoms with Crippen molar-refractivity contribution in [2.75, 3.05) is 24.6 Å². The van der Waals surface area contributed by atoms with Crippen molar-refractivity contribution in [3.8, 4) is 0 Å². The van der Waals surface area contributed by atoms with E-state index in [0.717, 1.165) is 11.6 Å². The van der Waals surface area contributed by atoms with Crippen LogP contribution in [0.2, 0.25) is 10.0 Å². The highest BCUT2D eigenvalue weighted by Crippen LogP contribution is 2.24. The van der Waals surface area contributed by atoms with Crippen LogP contribution in [0, 0.1) is 0 Å². The number of halogens is 2. The lowest BCUT2D eigenvalue weighted by Crippen LogP contribution is -3.12. The molecule has 1 saturated heterocycles. The largest absolute Gasteiger partial charge is 0.330 e. The van der Waals surface area contributed by atoms with E-state index in [1.807, 2.05) is 23.9 Å². The predicted molar refractivity (Wildman–Crippen MR) is 68.2 cm³/mol. The van der Waals surface area contributed by atoms with Gasteiger partial charge in [0.05, 0.1) is 23.1 Å². The van der Waals surface area contributed by atoms with Crippen molar-refractivity contribution in [3.63, 3.8) is 0 Å². The number of hydrogen-bond donors (Lipinski definition) is 1. The summed E-state index contributed by atoms with van der Waals surface area (Å²) in [6.45, 7) is 3.46. The van der Waals surface area contributed by atoms with Crippen LogP contribution in [0.15, 0.2) is 18.2 Å². The molecule has 1 heterocycles. The molecular weight excluding hydrogens is 249 g/mol. The van der Waals surface area contributed by atoms with E-state index in [4.69, 9.17) is 23.2 Å². The molecule has 0 aromatic heterocycles. The molecule has 0 saturated carbocycles. The second-order valence-electron chi connectivity index (χ2n) is 3.75. The topological polar surface area (TPSA) is 4.44 Å². The van der Waals surface area contributed by atoms with Crippen molar-refractivity contribution in [2.45, 2.75) is 6.54 Å². The molecule has 2 rings (SSSR count). The maximum Gasteiger partial charge on any atom is 0.104 e. The minimum Gasteiger partial charge on any atom is -0.330 e. The molecule has 0 bridgehead atoms. The Morgan fingerprint density at radius 3 is 2.67 bits per heavy atom. The molecule has 0 spiro atoms. The molecule has 1 N–H and O–H groups in total. The van der Waals surface area contributed by atoms with Gasteiger partial charge >= 0.3 is 0 Å². The Hall–Kier alpha value is 0.110. The Balaban J connectivity index is 2.06. The molecule has 0 unspecified atom stereocenters. The van der Waals surface area contributed by atoms with Crippen molar-refractivity contribution in [2.24, 2.45) is 0 Å². The van der Waals surface area contributed by atoms with E-state index in [-0.39, 0.29) is 0 Å². The van der Waals surface area contributed by atoms with Crippen LogP contribution in [0.1, 0.15) is 5.56 Å². The standard InChI is InChI=1S/C11H13Cl2NS/c12-10-3-1-2-9(11(10)13)8-14-4-6-15-7-5-14/h1-3H,4-8H2/p+1. The number of quaternary nitrogens is 1. The molecule has 1 aromatic carbocycles. The van der Waals surface area contributed by atoms with Crippen LogP contribution in [0.5, 0.6) is 0 Å². The van der Waals surface area contributed by atoms with Crippen molar-refractivity contribution in [1.82, 2.24) is 0 Å². The van der Waals surface area contributed by atoms with Crippen molar-refractivity contribution in [1.29, 1.82) is 0 Å². The Morgan fingerprint density at radius 1 is 1.20 bits per heavy atom. The number of rotatable bonds is 2. The zero-order valence-corrected chi connectivity index (χ0v) is 10.8. The third-order valence-electron chi connectivity index (χ3n) is 2.67. The van der Waals surface area contributed by atoms with Gasteiger partial charge in [-0.1, -0.05) is 35.3 Å². The van der Waals surface area contributed by atoms with Gasteiger partial charge < -0.3 is 4.90 Å². The molecular formula is C11H14Cl2NS+. The average molecular weight is 263 g/mol. The van der Waals surface area contributed by atoms with Gasteiger partial charge in [-0.3, -0.25) is 0 Å². The van der Waals surface area contributed by atoms with Crippen molar-refractivity contribution >= 4 is 35.0 Å². The van der Waals surface area contributed by atoms with Gasteiger partial charge in [0.2, 0.25) is 0 Å². The van der Waals surface area contributed by atoms with Gasteiger partial charge in [-0.25, -0.2) is 0 Å². The summed E-state index contributed by atoms with van der Waals surface area (Å²) in [5, 5.41) is 1.39. The van der Waals surface area contributed by atoms with Gasteiger partial charge in [-0.05, 0) is 6.07 Å². The molecule has 15 heavy (non-hydrogen) atoms. The zero-order valence-electron chi connectivity index (χ0n) is 8.43. The smallest absolute Gasteiger partial charge is 0.104 e. The van der Waals surface area contributed by atoms with E-state index in [2.05, 4.69) is 6.07 Å². The highest BCUT2D eigenvalue weighted by molar-refractivity contribution is 7.99. The Bertz CT molecular complexity index is 337. The van der Waals surface area contributed by atoms with E-state index < -0.39 is 0 Å². The first-order valence-corrected chi connectivity index (χ1v) is 7.02. The second kappa shape index (κ2) is 5.44. The molecule has 1 nitrogen and oxygen atoms in total. The summed E-state index contributed by atoms with van der Waals surface area (Å²) in [5.41, 5.74) is 1.17. The van der Waals surface area contributed by atoms with Gasteiger partial charge in [0.25, 0.3) is 0 Å². The summed E-state index contributed by atoms with van der Waals surface area (Å²) in [7, 11) is 0. The minimum atomic E-state index is 0.667. The second-order valence-corrected chi connectivity index (χ2v) is 5.76. The molecule has 0 radical (unpaired) electrons. The van der Waals surface area contributed by atoms with Crippen LogP contribution >= 0.6 is 35.0 Å². The lowest BCUT2D eigenvalue weighted by atomic mass is 10.2. The van der Waals surface area contributed by atoms with Crippen molar-refractivity contribution < 1.29 is 4.90 Å². The molecule has 1 fully saturated rings. The lowest BCUT2D eigenvalue weighted by molar-refractivity contribution is -0.910. The normalized spacial score (nSPS) is 18.0. The monoisotopic (exact) mass is 262 g/mol. The first kappa shape index (κ1) is 11.6. The summed E-state index contributed by atoms with van der Waals surface area (Å²) in [4.78, 5) is 1.61. The van der Waals surface area contributed by atoms with E-state index >= 15 is 0 Å². The highest BCUT2D eigenvalue weighted by atomic mass is 35.5. The lowest BCUT2D eigenvalue weighted by Gasteiger charge is -2.23. The number of thioether (sulfide) groups is 1. The third-order valence-corrected chi connectivity index (χ3v) is 4.52. The van der Waals surface area contributed by atoms with Gasteiger partial charge in [0.15, 0.2) is 0 Å². The van der Waals surface area contributed by atoms with E-state index in [0.29, 0.717) is 5.02 Å². The van der Waals surface area contributed by atoms with E-state index in [1.165, 1.54) is 30.2 Å². The number of nitrogens with one attached hydrogen (secondary N) is 1. The quantitative estimate of drug-likeness (QED) is 0.856. The van der Waals surface area contributed by atoms with Crippen LogP contribution in [0.3, 0.4) is 0 Å². The average Bonchev–Trinajstić information content (AvgIpc) is 2.26. The minimum absolute atomic E-state index is 0.667. The first-order valence-electron chi connectivity index (χ1n) is 5.11. The maximum absolute atomic E-state index is 6.16. The van der Waals surface area contributed by atoms with Gasteiger partial charge in [-0.15, -0.1) is 0 Å². The van der Waals surface area contributed by atoms with Gasteiger partial charge in [0.1, 0.15) is 6.54 Å². The molecule has 0 aliphatic carbocycles. The molecule has 1 aliphatic rings. The van der Waals surface area contributed by atoms with Crippen LogP contribution in [0.25, 0.3) is 0 Å². The molecule has 0 atom stereocenters. The van der Waals surface area contributed by atoms with E-state index in [9.17, 15) is 0 Å². The molecule has 0 amide bonds. The van der Waals surface area contributed by atoms with Crippen molar-refractivity contribution in [3.05, 3.63) is 33.8 Å². The van der Waals surface area contributed by atoms with Crippen LogP contribution in [-0.4, -0.2) is 24.6 Å². The van der Waals surface area contributed by atoms with Crippen LogP contribution in [-0.2, 0) is 6.54 Å². The summed E-state index contributed by atoms with van der Waals surface area (Å²) in [5.74, 6) is 2.51. The third kappa shape index (κ3) is 3.04. The summed E-state index contributed by atoms with van der Waals surface area (Å²) < 4.78 is 0. The zero-order chi connectivity index (χ0) is 10.7. The highest BCUT2D eigenvalue weighted by Gasteiger charge is 2.16. The molecule has 82 valence electrons. The van der Waals surface area contributed by atoms with Crippen LogP contribution in [0.4, 0.5) is 0 Å². The summed E-state index contributed by atoms with van der Waals surface area (Å²) in [6.07, 6.45) is 0. The maximum atomic E-state index is 6.16. The first-order chi connectivity index (χ1) is 7.27. The van der Waals surface area contributed by atoms with Gasteiger partial charge in [-0.2, -0.15) is 11.8 Å². The SMILES string of the molecule is Clc1cccc(C[NH+]2CCSCC2)c1Cl. The van der Waals surface area contributed by atoms with Crippen LogP contribution < -0.4 is 4.90 Å². The van der Waals surface area contributed by atoms with Gasteiger partial charge in [0, 0.05) is 17.1 Å². The fourth-order valence-corrected chi connectivity index (χ4v) is 3.25. The Labute approximate surface area is 105 Å². The summed E-state index contributed by atoms with van der Waals surface area (Å²) >= 11 is 14.2. The van der Waals surface area contributed by atoms with E-state index in [1.54, 1.807) is 4.90 Å². The fourth-order valence-electron chi connectivity index (χ4n) is 1.79. The fraction of sp³-hybridized carbons (Fsp3) is 0.455. The molecule has 4 heteroatoms. The number of hydrogen-bond acceptors (Lipinski definition) is 1. The Morgan fingerprint density at radius 2 is 1.93 bits per heavy atom. The number of benzene rings is 1.